The largest absolute Gasteiger partial charge is 0.101 e. The van der Waals surface area contributed by atoms with Crippen molar-refractivity contribution in [2.45, 2.75) is 6.82 Å². The van der Waals surface area contributed by atoms with Gasteiger partial charge in [-0.1, -0.05) is 0 Å². The van der Waals surface area contributed by atoms with Crippen molar-refractivity contribution in [3.05, 3.63) is 0 Å². The molecule has 0 saturated carbocycles. The lowest BCUT2D eigenvalue weighted by Crippen LogP contribution is -2.84. The van der Waals surface area contributed by atoms with Gasteiger partial charge in [0.25, 0.3) is 0 Å². The van der Waals surface area contributed by atoms with E-state index in [0.29, 0.717) is 0 Å². The van der Waals surface area contributed by atoms with Gasteiger partial charge in [0.2, 0.25) is 0 Å². The monoisotopic (exact) mass is 323 g/mol. The van der Waals surface area contributed by atoms with Crippen molar-refractivity contribution in [1.29, 1.82) is 0 Å². The summed E-state index contributed by atoms with van der Waals surface area (Å²) in [6.07, 6.45) is -9.36. The molecule has 0 aromatic carbocycles. The first-order chi connectivity index (χ1) is 13.2. The molecule has 0 aromatic rings. The van der Waals surface area contributed by atoms with Crippen LogP contribution in [0.1, 0.15) is 0 Å². The van der Waals surface area contributed by atoms with Crippen LogP contribution in [0.4, 0.5) is 0 Å². The summed E-state index contributed by atoms with van der Waals surface area (Å²) < 4.78 is 0. The first-order valence-corrected chi connectivity index (χ1v) is 9.58. The van der Waals surface area contributed by atoms with Crippen LogP contribution in [0.15, 0.2) is 0 Å². The molecule has 0 atom stereocenters. The highest BCUT2D eigenvalue weighted by molar-refractivity contribution is 8.22. The molecule has 0 nitrogen and oxygen atoms in total. The van der Waals surface area contributed by atoms with Gasteiger partial charge in [0, 0.05) is 198 Å². The van der Waals surface area contributed by atoms with Crippen LogP contribution < -0.4 is 0 Å². The first kappa shape index (κ1) is 30.8. The van der Waals surface area contributed by atoms with Gasteiger partial charge in [-0.15, -0.1) is 6.82 Å². The fourth-order valence-electron chi connectivity index (χ4n) is 4.61. The molecule has 0 N–H and O–H groups in total. The molecule has 0 aliphatic heterocycles. The topological polar surface area (TPSA) is 0 Å². The third-order valence-corrected chi connectivity index (χ3v) is 5.88. The Hall–Kier alpha value is 1.82. The van der Waals surface area contributed by atoms with Crippen LogP contribution in [-0.4, -0.2) is 198 Å². The predicted octanol–water partition coefficient (Wildman–Crippen LogP) is -10.1. The summed E-state index contributed by atoms with van der Waals surface area (Å²) in [6, 6.07) is 0. The van der Waals surface area contributed by atoms with Gasteiger partial charge in [0.15, 0.2) is 0 Å². The summed E-state index contributed by atoms with van der Waals surface area (Å²) in [5.74, 6) is 0. The van der Waals surface area contributed by atoms with Crippen LogP contribution in [0.2, 0.25) is 6.82 Å². The first-order valence-electron chi connectivity index (χ1n) is 9.58. The standard InChI is InChI=1S/CH3B28/c1-17(25(24(15)16-2)27(18(3)4)19(5)6)26(28(20(7)8)21(9)10)29(22(11)12)23(13)14/h1H3. The molecule has 29 heavy (non-hydrogen) atoms. The summed E-state index contributed by atoms with van der Waals surface area (Å²) in [5, 5.41) is 0. The number of hydrogen-bond acceptors (Lipinski definition) is 0. The molecule has 0 heterocycles. The van der Waals surface area contributed by atoms with E-state index in [2.05, 4.69) is 0 Å². The van der Waals surface area contributed by atoms with E-state index in [4.69, 9.17) is 108 Å². The van der Waals surface area contributed by atoms with E-state index in [-0.39, 0.29) is 0 Å². The van der Waals surface area contributed by atoms with E-state index >= 15 is 0 Å². The van der Waals surface area contributed by atoms with Crippen LogP contribution in [0.3, 0.4) is 0 Å². The van der Waals surface area contributed by atoms with Gasteiger partial charge in [-0.2, -0.15) is 0 Å². The van der Waals surface area contributed by atoms with Crippen LogP contribution in [0, 0.1) is 0 Å². The number of hydrogen-bond donors (Lipinski definition) is 0. The van der Waals surface area contributed by atoms with Crippen molar-refractivity contribution in [2.24, 2.45) is 0 Å². The van der Waals surface area contributed by atoms with Crippen LogP contribution >= 0.6 is 0 Å². The molecular formula is CH3B28. The molecule has 0 aliphatic rings. The maximum atomic E-state index is 6.28. The lowest BCUT2D eigenvalue weighted by Gasteiger charge is -2.46. The lowest BCUT2D eigenvalue weighted by atomic mass is 8.36. The molecule has 28 heteroatoms. The second-order valence-electron chi connectivity index (χ2n) is 7.98. The van der Waals surface area contributed by atoms with Gasteiger partial charge in [0.1, 0.15) is 0 Å². The minimum Gasteiger partial charge on any atom is -0.101 e. The van der Waals surface area contributed by atoms with E-state index < -0.39 is 83.1 Å². The van der Waals surface area contributed by atoms with Gasteiger partial charge in [0.05, 0.1) is 0 Å². The van der Waals surface area contributed by atoms with Crippen molar-refractivity contribution >= 4 is 198 Å². The van der Waals surface area contributed by atoms with Gasteiger partial charge in [-0.25, -0.2) is 0 Å². The molecule has 0 aromatic heterocycles. The average Bonchev–Trinajstić information content (AvgIpc) is 2.55. The SMILES string of the molecule is [B][B]B([B])B(B(C)B(B(B([B])[B])B([B])[B])B(B([B])[B])B([B])[B])B(B([B])[B])B([B])[B]. The molecule has 91 valence electrons. The maximum Gasteiger partial charge on any atom is 0.0413 e. The zero-order valence-electron chi connectivity index (χ0n) is 17.2. The molecule has 0 unspecified atom stereocenters. The Bertz CT molecular complexity index is 376. The van der Waals surface area contributed by atoms with Crippen molar-refractivity contribution in [3.8, 4) is 0 Å². The fraction of sp³-hybridized carbons (Fsp3) is 1.00. The van der Waals surface area contributed by atoms with Gasteiger partial charge in [-0.3, -0.25) is 0 Å². The molecule has 0 saturated heterocycles. The molecule has 0 amide bonds. The minimum atomic E-state index is -0.933. The zero-order valence-corrected chi connectivity index (χ0v) is 17.2. The van der Waals surface area contributed by atoms with Crippen LogP contribution in [-0.2, 0) is 0 Å². The number of rotatable bonds is 13. The highest BCUT2D eigenvalue weighted by atomic mass is 13.4. The zero-order chi connectivity index (χ0) is 23.2. The Balaban J connectivity index is 6.60. The Morgan fingerprint density at radius 1 is 0.414 bits per heavy atom. The molecule has 0 aliphatic carbocycles. The molecule has 0 rings (SSSR count). The molecular weight excluding hydrogens is 315 g/mol. The normalized spacial score (nSPS) is 9.41. The third-order valence-electron chi connectivity index (χ3n) is 5.88. The molecule has 0 spiro atoms. The Labute approximate surface area is 204 Å². The second-order valence-corrected chi connectivity index (χ2v) is 7.98. The van der Waals surface area contributed by atoms with Crippen molar-refractivity contribution < 1.29 is 0 Å². The summed E-state index contributed by atoms with van der Waals surface area (Å²) in [6.45, 7) is 1.41. The quantitative estimate of drug-likeness (QED) is 0.296. The summed E-state index contributed by atoms with van der Waals surface area (Å²) in [4.78, 5) is 0. The Morgan fingerprint density at radius 3 is 0.862 bits per heavy atom. The highest BCUT2D eigenvalue weighted by Gasteiger charge is 2.49. The maximum absolute atomic E-state index is 6.28. The summed E-state index contributed by atoms with van der Waals surface area (Å²) >= 11 is 0. The van der Waals surface area contributed by atoms with E-state index in [1.54, 1.807) is 0 Å². The second kappa shape index (κ2) is 14.2. The van der Waals surface area contributed by atoms with Gasteiger partial charge >= 0.3 is 0 Å². The summed E-state index contributed by atoms with van der Waals surface area (Å²) in [5.41, 5.74) is 0. The van der Waals surface area contributed by atoms with E-state index in [9.17, 15) is 0 Å². The van der Waals surface area contributed by atoms with Crippen LogP contribution in [0.25, 0.3) is 0 Å². The van der Waals surface area contributed by atoms with Crippen molar-refractivity contribution in [1.82, 2.24) is 0 Å². The molecule has 0 bridgehead atoms. The van der Waals surface area contributed by atoms with Crippen LogP contribution in [0.5, 0.6) is 0 Å². The van der Waals surface area contributed by atoms with E-state index in [1.807, 2.05) is 6.82 Å². The van der Waals surface area contributed by atoms with Crippen molar-refractivity contribution in [2.75, 3.05) is 0 Å². The smallest absolute Gasteiger partial charge is 0.0413 e. The third kappa shape index (κ3) is 8.59. The summed E-state index contributed by atoms with van der Waals surface area (Å²) in [7, 11) is 85.3. The van der Waals surface area contributed by atoms with E-state index in [1.165, 1.54) is 7.06 Å². The molecule has 0 fully saturated rings. The fourth-order valence-corrected chi connectivity index (χ4v) is 4.61. The highest BCUT2D eigenvalue weighted by Crippen LogP contribution is 2.12. The lowest BCUT2D eigenvalue weighted by molar-refractivity contribution is 2.32. The average molecular weight is 318 g/mol. The Morgan fingerprint density at radius 2 is 0.655 bits per heavy atom. The van der Waals surface area contributed by atoms with E-state index in [0.717, 1.165) is 0 Å². The minimum absolute atomic E-state index is 0.428. The molecule has 29 radical (unpaired) electrons. The van der Waals surface area contributed by atoms with Crippen molar-refractivity contribution in [3.63, 3.8) is 0 Å². The Kier molecular flexibility index (Phi) is 15.0. The van der Waals surface area contributed by atoms with Gasteiger partial charge in [-0.05, 0) is 0 Å². The van der Waals surface area contributed by atoms with Gasteiger partial charge < -0.3 is 0 Å². The predicted molar refractivity (Wildman–Crippen MR) is 167 cm³/mol.